The van der Waals surface area contributed by atoms with Crippen LogP contribution in [0.25, 0.3) is 0 Å². The molecule has 0 bridgehead atoms. The number of nitrogens with zero attached hydrogens (tertiary/aromatic N) is 1. The fourth-order valence-electron chi connectivity index (χ4n) is 2.11. The van der Waals surface area contributed by atoms with Gasteiger partial charge in [-0.15, -0.1) is 0 Å². The summed E-state index contributed by atoms with van der Waals surface area (Å²) < 4.78 is 4.65. The first-order valence-electron chi connectivity index (χ1n) is 5.92. The van der Waals surface area contributed by atoms with Gasteiger partial charge >= 0.3 is 5.97 Å². The van der Waals surface area contributed by atoms with Gasteiger partial charge in [-0.2, -0.15) is 0 Å². The predicted molar refractivity (Wildman–Crippen MR) is 70.2 cm³/mol. The molecule has 2 rings (SSSR count). The molecule has 0 atom stereocenters. The van der Waals surface area contributed by atoms with Crippen LogP contribution in [0.4, 0.5) is 5.69 Å². The summed E-state index contributed by atoms with van der Waals surface area (Å²) in [7, 11) is 1.34. The molecule has 1 N–H and O–H groups in total. The summed E-state index contributed by atoms with van der Waals surface area (Å²) in [5, 5.41) is 10.0. The van der Waals surface area contributed by atoms with E-state index in [9.17, 15) is 9.90 Å². The number of ether oxygens (including phenoxy) is 1. The second kappa shape index (κ2) is 5.59. The number of esters is 1. The average molecular weight is 270 g/mol. The van der Waals surface area contributed by atoms with Crippen molar-refractivity contribution in [2.75, 3.05) is 25.1 Å². The Hall–Kier alpha value is -1.26. The zero-order valence-electron chi connectivity index (χ0n) is 10.2. The van der Waals surface area contributed by atoms with E-state index in [0.29, 0.717) is 10.6 Å². The Labute approximate surface area is 111 Å². The molecule has 0 amide bonds. The molecule has 1 heterocycles. The van der Waals surface area contributed by atoms with Crippen molar-refractivity contribution in [3.8, 4) is 0 Å². The van der Waals surface area contributed by atoms with Gasteiger partial charge in [-0.3, -0.25) is 0 Å². The topological polar surface area (TPSA) is 49.8 Å². The van der Waals surface area contributed by atoms with Gasteiger partial charge in [0.15, 0.2) is 0 Å². The number of methoxy groups -OCH3 is 1. The minimum Gasteiger partial charge on any atom is -0.465 e. The molecule has 4 nitrogen and oxygen atoms in total. The van der Waals surface area contributed by atoms with Crippen molar-refractivity contribution in [3.63, 3.8) is 0 Å². The Morgan fingerprint density at radius 3 is 2.67 bits per heavy atom. The van der Waals surface area contributed by atoms with E-state index in [4.69, 9.17) is 11.6 Å². The molecule has 1 aromatic rings. The molecular weight excluding hydrogens is 254 g/mol. The smallest absolute Gasteiger partial charge is 0.337 e. The van der Waals surface area contributed by atoms with Gasteiger partial charge < -0.3 is 14.7 Å². The number of halogens is 1. The third kappa shape index (κ3) is 2.76. The zero-order chi connectivity index (χ0) is 13.1. The Bertz CT molecular complexity index is 442. The molecule has 18 heavy (non-hydrogen) atoms. The van der Waals surface area contributed by atoms with Crippen molar-refractivity contribution < 1.29 is 14.6 Å². The Morgan fingerprint density at radius 2 is 2.11 bits per heavy atom. The number of piperidine rings is 1. The molecule has 0 aliphatic carbocycles. The van der Waals surface area contributed by atoms with Gasteiger partial charge in [0.25, 0.3) is 0 Å². The van der Waals surface area contributed by atoms with Crippen LogP contribution >= 0.6 is 11.6 Å². The summed E-state index contributed by atoms with van der Waals surface area (Å²) in [4.78, 5) is 13.5. The highest BCUT2D eigenvalue weighted by atomic mass is 35.5. The lowest BCUT2D eigenvalue weighted by Crippen LogP contribution is -2.35. The van der Waals surface area contributed by atoms with Gasteiger partial charge in [0.2, 0.25) is 0 Å². The van der Waals surface area contributed by atoms with E-state index in [-0.39, 0.29) is 6.10 Å². The highest BCUT2D eigenvalue weighted by Gasteiger charge is 2.19. The summed E-state index contributed by atoms with van der Waals surface area (Å²) in [5.41, 5.74) is 1.35. The van der Waals surface area contributed by atoms with E-state index in [2.05, 4.69) is 9.64 Å². The minimum atomic E-state index is -0.391. The van der Waals surface area contributed by atoms with Crippen molar-refractivity contribution in [1.82, 2.24) is 0 Å². The van der Waals surface area contributed by atoms with Crippen LogP contribution in [0.15, 0.2) is 18.2 Å². The number of carbonyl (C=O) groups excluding carboxylic acids is 1. The normalized spacial score (nSPS) is 16.7. The molecule has 0 unspecified atom stereocenters. The van der Waals surface area contributed by atoms with E-state index in [0.717, 1.165) is 31.6 Å². The number of hydrogen-bond acceptors (Lipinski definition) is 4. The summed E-state index contributed by atoms with van der Waals surface area (Å²) in [6.45, 7) is 1.55. The van der Waals surface area contributed by atoms with Gasteiger partial charge in [0.05, 0.1) is 29.5 Å². The SMILES string of the molecule is COC(=O)c1ccc(N2CCC(O)CC2)c(Cl)c1. The van der Waals surface area contributed by atoms with Crippen LogP contribution in [0.2, 0.25) is 5.02 Å². The molecule has 0 spiro atoms. The number of rotatable bonds is 2. The fourth-order valence-corrected chi connectivity index (χ4v) is 2.42. The van der Waals surface area contributed by atoms with E-state index >= 15 is 0 Å². The van der Waals surface area contributed by atoms with Crippen molar-refractivity contribution >= 4 is 23.3 Å². The maximum atomic E-state index is 11.4. The maximum Gasteiger partial charge on any atom is 0.337 e. The molecule has 0 saturated carbocycles. The second-order valence-corrected chi connectivity index (χ2v) is 4.78. The first-order chi connectivity index (χ1) is 8.61. The highest BCUT2D eigenvalue weighted by molar-refractivity contribution is 6.33. The molecular formula is C13H16ClNO3. The van der Waals surface area contributed by atoms with Crippen LogP contribution in [0, 0.1) is 0 Å². The monoisotopic (exact) mass is 269 g/mol. The third-order valence-electron chi connectivity index (χ3n) is 3.17. The van der Waals surface area contributed by atoms with Crippen molar-refractivity contribution in [2.24, 2.45) is 0 Å². The number of anilines is 1. The van der Waals surface area contributed by atoms with Crippen LogP contribution in [0.5, 0.6) is 0 Å². The van der Waals surface area contributed by atoms with Gasteiger partial charge in [0.1, 0.15) is 0 Å². The minimum absolute atomic E-state index is 0.214. The average Bonchev–Trinajstić information content (AvgIpc) is 2.39. The predicted octanol–water partition coefficient (Wildman–Crippen LogP) is 2.09. The Balaban J connectivity index is 2.17. The Morgan fingerprint density at radius 1 is 1.44 bits per heavy atom. The first-order valence-corrected chi connectivity index (χ1v) is 6.30. The van der Waals surface area contributed by atoms with Gasteiger partial charge in [-0.25, -0.2) is 4.79 Å². The second-order valence-electron chi connectivity index (χ2n) is 4.38. The van der Waals surface area contributed by atoms with Crippen LogP contribution in [0.3, 0.4) is 0 Å². The van der Waals surface area contributed by atoms with Crippen LogP contribution < -0.4 is 4.90 Å². The van der Waals surface area contributed by atoms with Crippen molar-refractivity contribution in [2.45, 2.75) is 18.9 Å². The van der Waals surface area contributed by atoms with E-state index in [1.54, 1.807) is 12.1 Å². The molecule has 98 valence electrons. The molecule has 0 radical (unpaired) electrons. The fraction of sp³-hybridized carbons (Fsp3) is 0.462. The van der Waals surface area contributed by atoms with Crippen LogP contribution in [-0.2, 0) is 4.74 Å². The maximum absolute atomic E-state index is 11.4. The molecule has 5 heteroatoms. The summed E-state index contributed by atoms with van der Waals surface area (Å²) >= 11 is 6.19. The van der Waals surface area contributed by atoms with E-state index in [1.807, 2.05) is 6.07 Å². The molecule has 1 fully saturated rings. The number of benzene rings is 1. The molecule has 1 aliphatic heterocycles. The number of aliphatic hydroxyl groups is 1. The standard InChI is InChI=1S/C13H16ClNO3/c1-18-13(17)9-2-3-12(11(14)8-9)15-6-4-10(16)5-7-15/h2-3,8,10,16H,4-7H2,1H3. The summed E-state index contributed by atoms with van der Waals surface area (Å²) in [6, 6.07) is 5.15. The third-order valence-corrected chi connectivity index (χ3v) is 3.48. The summed E-state index contributed by atoms with van der Waals surface area (Å²) in [5.74, 6) is -0.391. The number of carbonyl (C=O) groups is 1. The summed E-state index contributed by atoms with van der Waals surface area (Å²) in [6.07, 6.45) is 1.28. The molecule has 1 saturated heterocycles. The lowest BCUT2D eigenvalue weighted by molar-refractivity contribution is 0.0601. The van der Waals surface area contributed by atoms with E-state index in [1.165, 1.54) is 7.11 Å². The highest BCUT2D eigenvalue weighted by Crippen LogP contribution is 2.29. The van der Waals surface area contributed by atoms with Crippen molar-refractivity contribution in [3.05, 3.63) is 28.8 Å². The van der Waals surface area contributed by atoms with Gasteiger partial charge in [0, 0.05) is 13.1 Å². The van der Waals surface area contributed by atoms with Crippen molar-refractivity contribution in [1.29, 1.82) is 0 Å². The Kier molecular flexibility index (Phi) is 4.09. The van der Waals surface area contributed by atoms with Gasteiger partial charge in [-0.05, 0) is 31.0 Å². The first kappa shape index (κ1) is 13.2. The lowest BCUT2D eigenvalue weighted by Gasteiger charge is -2.32. The number of hydrogen-bond donors (Lipinski definition) is 1. The van der Waals surface area contributed by atoms with E-state index < -0.39 is 5.97 Å². The van der Waals surface area contributed by atoms with Gasteiger partial charge in [-0.1, -0.05) is 11.6 Å². The molecule has 0 aromatic heterocycles. The molecule has 1 aliphatic rings. The van der Waals surface area contributed by atoms with Crippen LogP contribution in [0.1, 0.15) is 23.2 Å². The number of aliphatic hydroxyl groups excluding tert-OH is 1. The largest absolute Gasteiger partial charge is 0.465 e. The lowest BCUT2D eigenvalue weighted by atomic mass is 10.1. The zero-order valence-corrected chi connectivity index (χ0v) is 11.0. The molecule has 1 aromatic carbocycles. The van der Waals surface area contributed by atoms with Crippen LogP contribution in [-0.4, -0.2) is 37.4 Å². The quantitative estimate of drug-likeness (QED) is 0.836.